The fourth-order valence-electron chi connectivity index (χ4n) is 10.3. The van der Waals surface area contributed by atoms with E-state index in [2.05, 4.69) is 85.0 Å². The average Bonchev–Trinajstić information content (AvgIpc) is 3.51. The fourth-order valence-corrected chi connectivity index (χ4v) is 10.3. The molecule has 1 heterocycles. The highest BCUT2D eigenvalue weighted by Crippen LogP contribution is 2.68. The van der Waals surface area contributed by atoms with Gasteiger partial charge in [0.1, 0.15) is 6.10 Å². The molecule has 0 spiro atoms. The number of benzene rings is 2. The maximum atomic E-state index is 12.5. The molecule has 9 atom stereocenters. The number of para-hydroxylation sites is 3. The van der Waals surface area contributed by atoms with Gasteiger partial charge in [-0.05, 0) is 105 Å². The van der Waals surface area contributed by atoms with Gasteiger partial charge in [-0.2, -0.15) is 0 Å². The number of carbonyl (C=O) groups excluding carboxylic acids is 1. The van der Waals surface area contributed by atoms with E-state index in [0.29, 0.717) is 23.3 Å². The van der Waals surface area contributed by atoms with Crippen molar-refractivity contribution in [3.8, 4) is 0 Å². The van der Waals surface area contributed by atoms with Gasteiger partial charge in [-0.15, -0.1) is 0 Å². The zero-order chi connectivity index (χ0) is 27.6. The number of imidazole rings is 1. The van der Waals surface area contributed by atoms with Gasteiger partial charge < -0.3 is 14.2 Å². The van der Waals surface area contributed by atoms with Crippen LogP contribution in [0.3, 0.4) is 0 Å². The smallest absolute Gasteiger partial charge is 0.302 e. The third-order valence-electron chi connectivity index (χ3n) is 12.4. The highest BCUT2D eigenvalue weighted by atomic mass is 16.5. The Morgan fingerprint density at radius 2 is 1.68 bits per heavy atom. The molecule has 1 aromatic heterocycles. The Hall–Kier alpha value is -2.82. The fraction of sp³-hybridized carbons (Fsp3) is 0.600. The monoisotopic (exact) mass is 539 g/mol. The topological polar surface area (TPSA) is 47.4 Å². The van der Waals surface area contributed by atoms with Crippen LogP contribution in [0.2, 0.25) is 0 Å². The molecule has 0 amide bonds. The van der Waals surface area contributed by atoms with E-state index in [-0.39, 0.29) is 23.5 Å². The van der Waals surface area contributed by atoms with E-state index in [1.165, 1.54) is 44.2 Å². The molecule has 0 aliphatic heterocycles. The minimum atomic E-state index is -0.153. The van der Waals surface area contributed by atoms with Crippen LogP contribution in [0.15, 0.2) is 60.9 Å². The molecule has 0 saturated heterocycles. The number of anilines is 1. The highest BCUT2D eigenvalue weighted by Gasteiger charge is 2.64. The van der Waals surface area contributed by atoms with Crippen LogP contribution in [-0.2, 0) is 9.53 Å². The second-order valence-corrected chi connectivity index (χ2v) is 14.0. The standard InChI is InChI=1S/C35H45N3O2/c1-23(39)40-33-32(38-22-36-30-12-8-9-13-31(30)38)21-29-27-15-14-24-20-26(37(4)25-10-6-5-7-11-25)16-18-34(24,2)28(27)17-19-35(29,33)3/h5-13,22,24,26-29,32-33H,14-21H2,1-4H3/t24?,26-,27?,28?,29?,32-,33-,34-,35-/m0/s1. The number of hydrogen-bond donors (Lipinski definition) is 0. The van der Waals surface area contributed by atoms with E-state index in [9.17, 15) is 4.79 Å². The molecule has 2 aromatic carbocycles. The van der Waals surface area contributed by atoms with Crippen molar-refractivity contribution in [1.29, 1.82) is 0 Å². The van der Waals surface area contributed by atoms with Crippen LogP contribution in [0, 0.1) is 34.5 Å². The van der Waals surface area contributed by atoms with Crippen molar-refractivity contribution in [2.75, 3.05) is 11.9 Å². The molecular formula is C35H45N3O2. The van der Waals surface area contributed by atoms with Crippen molar-refractivity contribution in [2.24, 2.45) is 34.5 Å². The highest BCUT2D eigenvalue weighted by molar-refractivity contribution is 5.75. The third kappa shape index (κ3) is 3.94. The van der Waals surface area contributed by atoms with Gasteiger partial charge in [-0.3, -0.25) is 4.79 Å². The summed E-state index contributed by atoms with van der Waals surface area (Å²) in [6.45, 7) is 6.68. The van der Waals surface area contributed by atoms with E-state index in [4.69, 9.17) is 9.72 Å². The molecule has 40 heavy (non-hydrogen) atoms. The molecule has 4 aliphatic carbocycles. The molecular weight excluding hydrogens is 494 g/mol. The lowest BCUT2D eigenvalue weighted by molar-refractivity contribution is -0.163. The Morgan fingerprint density at radius 3 is 2.48 bits per heavy atom. The first-order chi connectivity index (χ1) is 19.3. The Morgan fingerprint density at radius 1 is 0.925 bits per heavy atom. The summed E-state index contributed by atoms with van der Waals surface area (Å²) in [5, 5.41) is 0. The third-order valence-corrected chi connectivity index (χ3v) is 12.4. The Labute approximate surface area is 239 Å². The van der Waals surface area contributed by atoms with Crippen molar-refractivity contribution in [2.45, 2.75) is 90.3 Å². The summed E-state index contributed by atoms with van der Waals surface area (Å²) in [7, 11) is 2.30. The van der Waals surface area contributed by atoms with Crippen LogP contribution in [0.5, 0.6) is 0 Å². The van der Waals surface area contributed by atoms with E-state index in [0.717, 1.165) is 35.7 Å². The van der Waals surface area contributed by atoms with Gasteiger partial charge in [0.25, 0.3) is 0 Å². The second-order valence-electron chi connectivity index (χ2n) is 14.0. The molecule has 212 valence electrons. The van der Waals surface area contributed by atoms with Crippen molar-refractivity contribution < 1.29 is 9.53 Å². The summed E-state index contributed by atoms with van der Waals surface area (Å²) in [5.41, 5.74) is 3.94. The summed E-state index contributed by atoms with van der Waals surface area (Å²) in [6, 6.07) is 20.1. The summed E-state index contributed by atoms with van der Waals surface area (Å²) < 4.78 is 8.60. The maximum absolute atomic E-state index is 12.5. The van der Waals surface area contributed by atoms with Gasteiger partial charge in [0, 0.05) is 31.1 Å². The van der Waals surface area contributed by atoms with Crippen molar-refractivity contribution >= 4 is 22.7 Å². The lowest BCUT2D eigenvalue weighted by atomic mass is 9.45. The van der Waals surface area contributed by atoms with Crippen LogP contribution in [0.4, 0.5) is 5.69 Å². The summed E-state index contributed by atoms with van der Waals surface area (Å²) in [5.74, 6) is 2.69. The number of ether oxygens (including phenoxy) is 1. The Kier molecular flexibility index (Phi) is 6.29. The van der Waals surface area contributed by atoms with Gasteiger partial charge in [0.2, 0.25) is 0 Å². The quantitative estimate of drug-likeness (QED) is 0.319. The summed E-state index contributed by atoms with van der Waals surface area (Å²) >= 11 is 0. The SMILES string of the molecule is CC(=O)O[C@H]1[C@@H](n2cnc3ccccc32)CC2C3CCC4C[C@@H](N(C)c5ccccc5)CC[C@]4(C)C3CC[C@@]21C. The molecule has 4 unspecified atom stereocenters. The lowest BCUT2D eigenvalue weighted by Crippen LogP contribution is -2.56. The van der Waals surface area contributed by atoms with Crippen molar-refractivity contribution in [3.63, 3.8) is 0 Å². The largest absolute Gasteiger partial charge is 0.460 e. The lowest BCUT2D eigenvalue weighted by Gasteiger charge is -2.61. The minimum absolute atomic E-state index is 0.0107. The Balaban J connectivity index is 1.16. The van der Waals surface area contributed by atoms with E-state index < -0.39 is 0 Å². The first-order valence-corrected chi connectivity index (χ1v) is 15.7. The first kappa shape index (κ1) is 26.1. The van der Waals surface area contributed by atoms with Crippen LogP contribution in [0.25, 0.3) is 11.0 Å². The van der Waals surface area contributed by atoms with Crippen LogP contribution in [0.1, 0.15) is 78.2 Å². The van der Waals surface area contributed by atoms with E-state index in [1.807, 2.05) is 6.33 Å². The summed E-state index contributed by atoms with van der Waals surface area (Å²) in [6.07, 6.45) is 12.0. The molecule has 4 fully saturated rings. The first-order valence-electron chi connectivity index (χ1n) is 15.7. The molecule has 0 N–H and O–H groups in total. The average molecular weight is 540 g/mol. The van der Waals surface area contributed by atoms with Gasteiger partial charge in [-0.25, -0.2) is 4.98 Å². The summed E-state index contributed by atoms with van der Waals surface area (Å²) in [4.78, 5) is 19.7. The molecule has 0 radical (unpaired) electrons. The molecule has 7 rings (SSSR count). The van der Waals surface area contributed by atoms with Crippen LogP contribution < -0.4 is 4.90 Å². The van der Waals surface area contributed by atoms with Gasteiger partial charge >= 0.3 is 5.97 Å². The Bertz CT molecular complexity index is 1390. The predicted octanol–water partition coefficient (Wildman–Crippen LogP) is 7.67. The molecule has 5 heteroatoms. The number of carbonyl (C=O) groups is 1. The molecule has 4 saturated carbocycles. The number of rotatable bonds is 4. The van der Waals surface area contributed by atoms with Crippen LogP contribution in [-0.4, -0.2) is 34.7 Å². The van der Waals surface area contributed by atoms with Crippen molar-refractivity contribution in [3.05, 3.63) is 60.9 Å². The van der Waals surface area contributed by atoms with Gasteiger partial charge in [0.15, 0.2) is 0 Å². The second kappa shape index (κ2) is 9.63. The number of hydrogen-bond acceptors (Lipinski definition) is 4. The molecule has 0 bridgehead atoms. The molecule has 4 aliphatic rings. The van der Waals surface area contributed by atoms with E-state index >= 15 is 0 Å². The predicted molar refractivity (Wildman–Crippen MR) is 160 cm³/mol. The van der Waals surface area contributed by atoms with Crippen molar-refractivity contribution in [1.82, 2.24) is 9.55 Å². The normalized spacial score (nSPS) is 38.8. The minimum Gasteiger partial charge on any atom is -0.460 e. The number of aromatic nitrogens is 2. The zero-order valence-corrected chi connectivity index (χ0v) is 24.6. The molecule has 5 nitrogen and oxygen atoms in total. The van der Waals surface area contributed by atoms with Crippen LogP contribution >= 0.6 is 0 Å². The zero-order valence-electron chi connectivity index (χ0n) is 24.6. The molecule has 3 aromatic rings. The number of fused-ring (bicyclic) bond motifs is 6. The van der Waals surface area contributed by atoms with Gasteiger partial charge in [-0.1, -0.05) is 44.2 Å². The maximum Gasteiger partial charge on any atom is 0.302 e. The van der Waals surface area contributed by atoms with E-state index in [1.54, 1.807) is 6.92 Å². The number of esters is 1. The number of nitrogens with zero attached hydrogens (tertiary/aromatic N) is 3. The van der Waals surface area contributed by atoms with Gasteiger partial charge in [0.05, 0.1) is 23.4 Å².